The summed E-state index contributed by atoms with van der Waals surface area (Å²) in [6.45, 7) is 7.45. The smallest absolute Gasteiger partial charge is 0.222 e. The maximum atomic E-state index is 11.5. The highest BCUT2D eigenvalue weighted by molar-refractivity contribution is 5.76. The Morgan fingerprint density at radius 3 is 2.50 bits per heavy atom. The number of hydrogen-bond donors (Lipinski definition) is 0. The van der Waals surface area contributed by atoms with Crippen molar-refractivity contribution in [2.75, 3.05) is 26.2 Å². The molecule has 69 valence electrons. The standard InChI is InChI=1S/C9H17N2O/c1-8(2)7-9(12)11-5-3-10-4-6-11/h8H,3-7H2,1-2H3. The fourth-order valence-corrected chi connectivity index (χ4v) is 1.33. The van der Waals surface area contributed by atoms with Crippen LogP contribution in [0.2, 0.25) is 0 Å². The molecule has 0 atom stereocenters. The second-order valence-corrected chi connectivity index (χ2v) is 3.65. The van der Waals surface area contributed by atoms with Crippen LogP contribution in [0, 0.1) is 5.92 Å². The minimum Gasteiger partial charge on any atom is -0.340 e. The first-order valence-corrected chi connectivity index (χ1v) is 4.61. The molecule has 12 heavy (non-hydrogen) atoms. The first-order chi connectivity index (χ1) is 5.70. The van der Waals surface area contributed by atoms with E-state index in [1.54, 1.807) is 0 Å². The molecule has 0 aliphatic carbocycles. The van der Waals surface area contributed by atoms with Crippen molar-refractivity contribution >= 4 is 5.91 Å². The molecule has 1 amide bonds. The van der Waals surface area contributed by atoms with Gasteiger partial charge in [0.1, 0.15) is 0 Å². The number of amides is 1. The maximum Gasteiger partial charge on any atom is 0.222 e. The van der Waals surface area contributed by atoms with E-state index in [9.17, 15) is 4.79 Å². The van der Waals surface area contributed by atoms with Gasteiger partial charge in [-0.3, -0.25) is 4.79 Å². The van der Waals surface area contributed by atoms with E-state index in [4.69, 9.17) is 0 Å². The average molecular weight is 169 g/mol. The lowest BCUT2D eigenvalue weighted by atomic mass is 10.1. The van der Waals surface area contributed by atoms with E-state index in [-0.39, 0.29) is 0 Å². The van der Waals surface area contributed by atoms with E-state index >= 15 is 0 Å². The summed E-state index contributed by atoms with van der Waals surface area (Å²) in [5.41, 5.74) is 0. The molecule has 1 aliphatic heterocycles. The summed E-state index contributed by atoms with van der Waals surface area (Å²) in [4.78, 5) is 13.4. The molecule has 1 heterocycles. The highest BCUT2D eigenvalue weighted by atomic mass is 16.2. The van der Waals surface area contributed by atoms with Gasteiger partial charge in [0.25, 0.3) is 0 Å². The Hall–Kier alpha value is -0.570. The van der Waals surface area contributed by atoms with Gasteiger partial charge in [-0.05, 0) is 5.92 Å². The summed E-state index contributed by atoms with van der Waals surface area (Å²) in [7, 11) is 0. The van der Waals surface area contributed by atoms with Gasteiger partial charge in [0, 0.05) is 32.6 Å². The third-order valence-corrected chi connectivity index (χ3v) is 1.99. The van der Waals surface area contributed by atoms with Gasteiger partial charge in [0.05, 0.1) is 0 Å². The molecule has 0 aromatic carbocycles. The number of rotatable bonds is 2. The summed E-state index contributed by atoms with van der Waals surface area (Å²) in [5.74, 6) is 0.760. The van der Waals surface area contributed by atoms with Crippen LogP contribution in [0.3, 0.4) is 0 Å². The normalized spacial score (nSPS) is 18.4. The summed E-state index contributed by atoms with van der Waals surface area (Å²) in [6, 6.07) is 0. The fourth-order valence-electron chi connectivity index (χ4n) is 1.33. The lowest BCUT2D eigenvalue weighted by Gasteiger charge is -2.27. The molecular weight excluding hydrogens is 152 g/mol. The third kappa shape index (κ3) is 2.81. The Bertz CT molecular complexity index is 151. The Morgan fingerprint density at radius 2 is 2.00 bits per heavy atom. The molecule has 1 saturated heterocycles. The lowest BCUT2D eigenvalue weighted by molar-refractivity contribution is -0.132. The van der Waals surface area contributed by atoms with Gasteiger partial charge in [-0.25, -0.2) is 5.32 Å². The van der Waals surface area contributed by atoms with E-state index in [0.29, 0.717) is 18.2 Å². The first-order valence-electron chi connectivity index (χ1n) is 4.61. The highest BCUT2D eigenvalue weighted by Crippen LogP contribution is 2.04. The predicted molar refractivity (Wildman–Crippen MR) is 47.9 cm³/mol. The second-order valence-electron chi connectivity index (χ2n) is 3.65. The monoisotopic (exact) mass is 169 g/mol. The van der Waals surface area contributed by atoms with Crippen LogP contribution in [-0.2, 0) is 4.79 Å². The van der Waals surface area contributed by atoms with Crippen LogP contribution in [0.25, 0.3) is 0 Å². The Labute approximate surface area is 74.1 Å². The summed E-state index contributed by atoms with van der Waals surface area (Å²) in [6.07, 6.45) is 0.681. The van der Waals surface area contributed by atoms with Crippen molar-refractivity contribution in [3.63, 3.8) is 0 Å². The van der Waals surface area contributed by atoms with Gasteiger partial charge in [0.15, 0.2) is 0 Å². The van der Waals surface area contributed by atoms with E-state index in [0.717, 1.165) is 26.2 Å². The minimum atomic E-state index is 0.292. The number of nitrogens with zero attached hydrogens (tertiary/aromatic N) is 2. The highest BCUT2D eigenvalue weighted by Gasteiger charge is 2.16. The van der Waals surface area contributed by atoms with Crippen molar-refractivity contribution < 1.29 is 4.79 Å². The fraction of sp³-hybridized carbons (Fsp3) is 0.889. The van der Waals surface area contributed by atoms with E-state index in [1.165, 1.54) is 0 Å². The molecule has 0 unspecified atom stereocenters. The number of hydrogen-bond acceptors (Lipinski definition) is 1. The Balaban J connectivity index is 2.30. The topological polar surface area (TPSA) is 34.4 Å². The van der Waals surface area contributed by atoms with Crippen molar-refractivity contribution in [1.82, 2.24) is 10.2 Å². The van der Waals surface area contributed by atoms with Crippen molar-refractivity contribution in [1.29, 1.82) is 0 Å². The number of carbonyl (C=O) groups excluding carboxylic acids is 1. The van der Waals surface area contributed by atoms with Gasteiger partial charge in [-0.15, -0.1) is 0 Å². The SMILES string of the molecule is CC(C)CC(=O)N1CC[N]CC1. The van der Waals surface area contributed by atoms with Gasteiger partial charge in [-0.2, -0.15) is 0 Å². The second kappa shape index (κ2) is 4.45. The quantitative estimate of drug-likeness (QED) is 0.592. The zero-order valence-corrected chi connectivity index (χ0v) is 7.92. The third-order valence-electron chi connectivity index (χ3n) is 1.99. The summed E-state index contributed by atoms with van der Waals surface area (Å²) in [5, 5.41) is 4.19. The molecule has 1 radical (unpaired) electrons. The van der Waals surface area contributed by atoms with Gasteiger partial charge in [0.2, 0.25) is 5.91 Å². The van der Waals surface area contributed by atoms with Gasteiger partial charge in [-0.1, -0.05) is 13.8 Å². The van der Waals surface area contributed by atoms with Crippen molar-refractivity contribution in [3.8, 4) is 0 Å². The molecule has 1 aliphatic rings. The number of piperazine rings is 1. The van der Waals surface area contributed by atoms with Crippen molar-refractivity contribution in [3.05, 3.63) is 0 Å². The molecule has 1 fully saturated rings. The molecule has 1 rings (SSSR count). The summed E-state index contributed by atoms with van der Waals surface area (Å²) < 4.78 is 0. The average Bonchev–Trinajstić information content (AvgIpc) is 2.05. The maximum absolute atomic E-state index is 11.5. The van der Waals surface area contributed by atoms with Crippen LogP contribution < -0.4 is 5.32 Å². The Morgan fingerprint density at radius 1 is 1.42 bits per heavy atom. The van der Waals surface area contributed by atoms with Crippen LogP contribution in [0.5, 0.6) is 0 Å². The van der Waals surface area contributed by atoms with Crippen LogP contribution in [0.1, 0.15) is 20.3 Å². The first kappa shape index (κ1) is 9.52. The van der Waals surface area contributed by atoms with Crippen molar-refractivity contribution in [2.45, 2.75) is 20.3 Å². The molecule has 0 N–H and O–H groups in total. The predicted octanol–water partition coefficient (Wildman–Crippen LogP) is 0.479. The Kier molecular flexibility index (Phi) is 3.53. The molecule has 0 aromatic rings. The van der Waals surface area contributed by atoms with E-state index in [1.807, 2.05) is 4.90 Å². The van der Waals surface area contributed by atoms with Crippen LogP contribution in [0.15, 0.2) is 0 Å². The van der Waals surface area contributed by atoms with Crippen molar-refractivity contribution in [2.24, 2.45) is 5.92 Å². The van der Waals surface area contributed by atoms with Gasteiger partial charge >= 0.3 is 0 Å². The van der Waals surface area contributed by atoms with Gasteiger partial charge < -0.3 is 4.90 Å². The molecule has 0 saturated carbocycles. The minimum absolute atomic E-state index is 0.292. The zero-order chi connectivity index (χ0) is 8.97. The lowest BCUT2D eigenvalue weighted by Crippen LogP contribution is -2.44. The molecule has 3 heteroatoms. The van der Waals surface area contributed by atoms with Crippen LogP contribution in [0.4, 0.5) is 0 Å². The molecular formula is C9H17N2O. The summed E-state index contributed by atoms with van der Waals surface area (Å²) >= 11 is 0. The molecule has 3 nitrogen and oxygen atoms in total. The number of carbonyl (C=O) groups is 1. The molecule has 0 aromatic heterocycles. The largest absolute Gasteiger partial charge is 0.340 e. The van der Waals surface area contributed by atoms with E-state index < -0.39 is 0 Å². The van der Waals surface area contributed by atoms with Crippen LogP contribution in [-0.4, -0.2) is 37.0 Å². The van der Waals surface area contributed by atoms with Crippen LogP contribution >= 0.6 is 0 Å². The zero-order valence-electron chi connectivity index (χ0n) is 7.92. The van der Waals surface area contributed by atoms with E-state index in [2.05, 4.69) is 19.2 Å². The molecule has 0 bridgehead atoms. The molecule has 0 spiro atoms.